The molecule has 1 amide bonds. The van der Waals surface area contributed by atoms with Gasteiger partial charge in [0, 0.05) is 38.4 Å². The number of para-hydroxylation sites is 1. The van der Waals surface area contributed by atoms with Crippen molar-refractivity contribution in [3.8, 4) is 0 Å². The molecule has 7 nitrogen and oxygen atoms in total. The number of fused-ring (bicyclic) bond motifs is 1. The van der Waals surface area contributed by atoms with Crippen LogP contribution in [0.5, 0.6) is 0 Å². The highest BCUT2D eigenvalue weighted by Gasteiger charge is 2.45. The smallest absolute Gasteiger partial charge is 0.236 e. The summed E-state index contributed by atoms with van der Waals surface area (Å²) >= 11 is 0. The second-order valence-corrected chi connectivity index (χ2v) is 9.09. The predicted molar refractivity (Wildman–Crippen MR) is 118 cm³/mol. The molecule has 0 aromatic heterocycles. The van der Waals surface area contributed by atoms with Crippen LogP contribution in [0.1, 0.15) is 37.7 Å². The maximum absolute atomic E-state index is 13.1. The van der Waals surface area contributed by atoms with Crippen LogP contribution in [0, 0.1) is 0 Å². The topological polar surface area (TPSA) is 69.2 Å². The number of rotatable bonds is 3. The van der Waals surface area contributed by atoms with Crippen LogP contribution >= 0.6 is 0 Å². The maximum atomic E-state index is 13.1. The minimum Gasteiger partial charge on any atom is -0.379 e. The van der Waals surface area contributed by atoms with E-state index < -0.39 is 0 Å². The molecule has 1 aromatic carbocycles. The Kier molecular flexibility index (Phi) is 5.76. The summed E-state index contributed by atoms with van der Waals surface area (Å²) < 4.78 is 5.42. The Morgan fingerprint density at radius 3 is 2.80 bits per heavy atom. The van der Waals surface area contributed by atoms with Crippen molar-refractivity contribution in [3.05, 3.63) is 29.8 Å². The van der Waals surface area contributed by atoms with Crippen LogP contribution in [0.4, 0.5) is 5.69 Å². The number of nitrogens with zero attached hydrogens (tertiary/aromatic N) is 3. The summed E-state index contributed by atoms with van der Waals surface area (Å²) in [6, 6.07) is 8.86. The Bertz CT molecular complexity index is 801. The van der Waals surface area contributed by atoms with E-state index in [1.807, 2.05) is 4.90 Å². The Morgan fingerprint density at radius 1 is 1.17 bits per heavy atom. The highest BCUT2D eigenvalue weighted by Crippen LogP contribution is 2.31. The first-order chi connectivity index (χ1) is 14.7. The number of amides is 1. The molecule has 3 heterocycles. The van der Waals surface area contributed by atoms with Crippen molar-refractivity contribution < 1.29 is 9.53 Å². The first-order valence-electron chi connectivity index (χ1n) is 11.5. The van der Waals surface area contributed by atoms with Gasteiger partial charge in [-0.2, -0.15) is 0 Å². The minimum atomic E-state index is -0.289. The lowest BCUT2D eigenvalue weighted by Crippen LogP contribution is -2.56. The Labute approximate surface area is 178 Å². The zero-order valence-corrected chi connectivity index (χ0v) is 17.7. The number of likely N-dealkylation sites (tertiary alicyclic amines) is 1. The molecule has 3 aliphatic heterocycles. The molecule has 0 bridgehead atoms. The molecule has 1 spiro atoms. The van der Waals surface area contributed by atoms with Crippen molar-refractivity contribution in [2.45, 2.75) is 50.2 Å². The molecule has 1 unspecified atom stereocenters. The van der Waals surface area contributed by atoms with Gasteiger partial charge in [0.15, 0.2) is 0 Å². The number of morpholine rings is 1. The molecule has 1 aromatic rings. The van der Waals surface area contributed by atoms with E-state index >= 15 is 0 Å². The number of nitrogens with one attached hydrogen (secondary N) is 2. The third kappa shape index (κ3) is 4.11. The highest BCUT2D eigenvalue weighted by molar-refractivity contribution is 6.04. The molecule has 162 valence electrons. The first-order valence-corrected chi connectivity index (χ1v) is 11.5. The number of hydrogen-bond acceptors (Lipinski definition) is 5. The van der Waals surface area contributed by atoms with Gasteiger partial charge in [-0.15, -0.1) is 0 Å². The molecule has 30 heavy (non-hydrogen) atoms. The van der Waals surface area contributed by atoms with E-state index in [4.69, 9.17) is 9.73 Å². The second-order valence-electron chi connectivity index (χ2n) is 9.09. The molecule has 1 saturated carbocycles. The number of aliphatic imine (C=N–C) groups is 1. The van der Waals surface area contributed by atoms with Gasteiger partial charge >= 0.3 is 0 Å². The normalized spacial score (nSPS) is 29.2. The zero-order valence-electron chi connectivity index (χ0n) is 17.7. The standard InChI is InChI=1S/C23H33N5O2/c29-21(16-27-11-13-30-14-12-27)28-10-9-23(17-28)22(25-19-6-2-3-7-19)26-20-8-4-1-5-18(20)15-24-23/h1,4-5,8,19,24H,2-3,6-7,9-17H2,(H,25,26). The summed E-state index contributed by atoms with van der Waals surface area (Å²) in [4.78, 5) is 22.5. The Morgan fingerprint density at radius 2 is 1.97 bits per heavy atom. The Hall–Kier alpha value is -1.96. The minimum absolute atomic E-state index is 0.220. The fraction of sp³-hybridized carbons (Fsp3) is 0.652. The van der Waals surface area contributed by atoms with Crippen molar-refractivity contribution in [2.75, 3.05) is 51.3 Å². The number of anilines is 1. The average molecular weight is 412 g/mol. The van der Waals surface area contributed by atoms with Crippen molar-refractivity contribution >= 4 is 17.4 Å². The Balaban J connectivity index is 1.36. The number of carbonyl (C=O) groups is 1. The van der Waals surface area contributed by atoms with E-state index in [9.17, 15) is 4.79 Å². The molecular formula is C23H33N5O2. The predicted octanol–water partition coefficient (Wildman–Crippen LogP) is 1.85. The molecule has 0 radical (unpaired) electrons. The van der Waals surface area contributed by atoms with E-state index in [-0.39, 0.29) is 11.4 Å². The summed E-state index contributed by atoms with van der Waals surface area (Å²) in [6.07, 6.45) is 5.77. The summed E-state index contributed by atoms with van der Waals surface area (Å²) in [5.41, 5.74) is 2.10. The van der Waals surface area contributed by atoms with Gasteiger partial charge < -0.3 is 15.0 Å². The number of hydrogen-bond donors (Lipinski definition) is 2. The van der Waals surface area contributed by atoms with Crippen LogP contribution in [0.2, 0.25) is 0 Å². The van der Waals surface area contributed by atoms with Crippen molar-refractivity contribution in [1.29, 1.82) is 0 Å². The van der Waals surface area contributed by atoms with Crippen LogP contribution in [0.3, 0.4) is 0 Å². The number of ether oxygens (including phenoxy) is 1. The fourth-order valence-corrected chi connectivity index (χ4v) is 5.17. The lowest BCUT2D eigenvalue weighted by Gasteiger charge is -2.32. The van der Waals surface area contributed by atoms with E-state index in [2.05, 4.69) is 39.8 Å². The van der Waals surface area contributed by atoms with Gasteiger partial charge in [-0.3, -0.25) is 20.0 Å². The van der Waals surface area contributed by atoms with Gasteiger partial charge in [0.25, 0.3) is 0 Å². The van der Waals surface area contributed by atoms with E-state index in [0.29, 0.717) is 19.1 Å². The molecule has 4 aliphatic rings. The lowest BCUT2D eigenvalue weighted by atomic mass is 9.96. The highest BCUT2D eigenvalue weighted by atomic mass is 16.5. The number of benzene rings is 1. The van der Waals surface area contributed by atoms with Crippen LogP contribution < -0.4 is 10.6 Å². The molecular weight excluding hydrogens is 378 g/mol. The zero-order chi connectivity index (χ0) is 20.4. The molecule has 7 heteroatoms. The largest absolute Gasteiger partial charge is 0.379 e. The van der Waals surface area contributed by atoms with Gasteiger partial charge in [0.05, 0.1) is 31.3 Å². The summed E-state index contributed by atoms with van der Waals surface area (Å²) in [6.45, 7) is 5.86. The van der Waals surface area contributed by atoms with E-state index in [1.165, 1.54) is 31.2 Å². The van der Waals surface area contributed by atoms with Gasteiger partial charge in [-0.25, -0.2) is 0 Å². The van der Waals surface area contributed by atoms with Crippen molar-refractivity contribution in [2.24, 2.45) is 4.99 Å². The third-order valence-corrected chi connectivity index (χ3v) is 7.06. The molecule has 1 aliphatic carbocycles. The van der Waals surface area contributed by atoms with E-state index in [1.54, 1.807) is 0 Å². The van der Waals surface area contributed by atoms with E-state index in [0.717, 1.165) is 57.3 Å². The van der Waals surface area contributed by atoms with Gasteiger partial charge in [0.1, 0.15) is 5.84 Å². The van der Waals surface area contributed by atoms with Crippen LogP contribution in [0.15, 0.2) is 29.3 Å². The molecule has 2 saturated heterocycles. The summed E-state index contributed by atoms with van der Waals surface area (Å²) in [5, 5.41) is 7.49. The van der Waals surface area contributed by atoms with Crippen LogP contribution in [-0.4, -0.2) is 79.1 Å². The maximum Gasteiger partial charge on any atom is 0.236 e. The third-order valence-electron chi connectivity index (χ3n) is 7.06. The quantitative estimate of drug-likeness (QED) is 0.795. The average Bonchev–Trinajstić information content (AvgIpc) is 3.41. The summed E-state index contributed by atoms with van der Waals surface area (Å²) in [7, 11) is 0. The van der Waals surface area contributed by atoms with Crippen LogP contribution in [-0.2, 0) is 16.1 Å². The first kappa shape index (κ1) is 20.0. The SMILES string of the molecule is O=C(CN1CCOCC1)N1CCC2(C1)NCc1ccccc1NC2=NC1CCCC1. The van der Waals surface area contributed by atoms with Gasteiger partial charge in [-0.1, -0.05) is 31.0 Å². The van der Waals surface area contributed by atoms with Gasteiger partial charge in [-0.05, 0) is 30.9 Å². The summed E-state index contributed by atoms with van der Waals surface area (Å²) in [5.74, 6) is 1.25. The number of amidine groups is 1. The fourth-order valence-electron chi connectivity index (χ4n) is 5.17. The molecule has 2 N–H and O–H groups in total. The van der Waals surface area contributed by atoms with Crippen LogP contribution in [0.25, 0.3) is 0 Å². The monoisotopic (exact) mass is 411 g/mol. The van der Waals surface area contributed by atoms with Crippen molar-refractivity contribution in [3.63, 3.8) is 0 Å². The molecule has 1 atom stereocenters. The van der Waals surface area contributed by atoms with Crippen molar-refractivity contribution in [1.82, 2.24) is 15.1 Å². The molecule has 5 rings (SSSR count). The molecule has 3 fully saturated rings. The lowest BCUT2D eigenvalue weighted by molar-refractivity contribution is -0.132. The second kappa shape index (κ2) is 8.65. The number of carbonyl (C=O) groups excluding carboxylic acids is 1. The van der Waals surface area contributed by atoms with Gasteiger partial charge in [0.2, 0.25) is 5.91 Å².